The van der Waals surface area contributed by atoms with Crippen molar-refractivity contribution in [2.24, 2.45) is 0 Å². The summed E-state index contributed by atoms with van der Waals surface area (Å²) in [5.41, 5.74) is 2.14. The molecule has 2 aliphatic rings. The van der Waals surface area contributed by atoms with Gasteiger partial charge < -0.3 is 14.8 Å². The number of hydrogen-bond acceptors (Lipinski definition) is 3. The van der Waals surface area contributed by atoms with E-state index in [9.17, 15) is 4.79 Å². The SMILES string of the molecule is COCCNC(=O)c1ccc2c(c1)C1(CC1)CO2. The number of carbonyl (C=O) groups excluding carboxylic acids is 1. The van der Waals surface area contributed by atoms with E-state index in [1.54, 1.807) is 7.11 Å². The topological polar surface area (TPSA) is 47.6 Å². The Morgan fingerprint density at radius 1 is 1.50 bits per heavy atom. The third kappa shape index (κ3) is 1.86. The van der Waals surface area contributed by atoms with Crippen LogP contribution in [0.25, 0.3) is 0 Å². The highest BCUT2D eigenvalue weighted by atomic mass is 16.5. The average Bonchev–Trinajstić information content (AvgIpc) is 3.08. The molecule has 1 heterocycles. The molecular formula is C14H17NO3. The van der Waals surface area contributed by atoms with Gasteiger partial charge in [-0.05, 0) is 31.0 Å². The predicted octanol–water partition coefficient (Wildman–Crippen LogP) is 1.49. The van der Waals surface area contributed by atoms with Crippen molar-refractivity contribution in [2.45, 2.75) is 18.3 Å². The highest BCUT2D eigenvalue weighted by Gasteiger charge is 2.50. The van der Waals surface area contributed by atoms with Gasteiger partial charge in [0.1, 0.15) is 5.75 Å². The summed E-state index contributed by atoms with van der Waals surface area (Å²) in [6.07, 6.45) is 2.35. The second-order valence-electron chi connectivity index (χ2n) is 5.03. The van der Waals surface area contributed by atoms with Crippen LogP contribution in [-0.2, 0) is 10.2 Å². The van der Waals surface area contributed by atoms with Crippen LogP contribution in [0.3, 0.4) is 0 Å². The number of benzene rings is 1. The van der Waals surface area contributed by atoms with Crippen molar-refractivity contribution in [1.29, 1.82) is 0 Å². The first-order valence-corrected chi connectivity index (χ1v) is 6.30. The van der Waals surface area contributed by atoms with Crippen LogP contribution >= 0.6 is 0 Å². The summed E-state index contributed by atoms with van der Waals surface area (Å²) in [6.45, 7) is 1.84. The summed E-state index contributed by atoms with van der Waals surface area (Å²) in [5, 5.41) is 2.83. The van der Waals surface area contributed by atoms with Gasteiger partial charge in [0.15, 0.2) is 0 Å². The molecular weight excluding hydrogens is 230 g/mol. The van der Waals surface area contributed by atoms with Crippen LogP contribution in [0.15, 0.2) is 18.2 Å². The van der Waals surface area contributed by atoms with Crippen molar-refractivity contribution in [3.63, 3.8) is 0 Å². The summed E-state index contributed by atoms with van der Waals surface area (Å²) >= 11 is 0. The van der Waals surface area contributed by atoms with Crippen molar-refractivity contribution < 1.29 is 14.3 Å². The lowest BCUT2D eigenvalue weighted by Crippen LogP contribution is -2.27. The Morgan fingerprint density at radius 2 is 2.33 bits per heavy atom. The van der Waals surface area contributed by atoms with Crippen LogP contribution in [-0.4, -0.2) is 32.8 Å². The molecule has 0 bridgehead atoms. The molecule has 0 unspecified atom stereocenters. The molecule has 0 aromatic heterocycles. The molecule has 0 radical (unpaired) electrons. The van der Waals surface area contributed by atoms with Crippen LogP contribution in [0.1, 0.15) is 28.8 Å². The zero-order valence-electron chi connectivity index (χ0n) is 10.5. The fourth-order valence-electron chi connectivity index (χ4n) is 2.44. The maximum Gasteiger partial charge on any atom is 0.251 e. The predicted molar refractivity (Wildman–Crippen MR) is 67.1 cm³/mol. The Morgan fingerprint density at radius 3 is 3.06 bits per heavy atom. The molecule has 1 spiro atoms. The van der Waals surface area contributed by atoms with E-state index in [1.807, 2.05) is 18.2 Å². The Labute approximate surface area is 106 Å². The van der Waals surface area contributed by atoms with Crippen LogP contribution in [0, 0.1) is 0 Å². The van der Waals surface area contributed by atoms with Crippen LogP contribution in [0.4, 0.5) is 0 Å². The van der Waals surface area contributed by atoms with Crippen LogP contribution < -0.4 is 10.1 Å². The van der Waals surface area contributed by atoms with Gasteiger partial charge >= 0.3 is 0 Å². The summed E-state index contributed by atoms with van der Waals surface area (Å²) in [6, 6.07) is 5.72. The smallest absolute Gasteiger partial charge is 0.251 e. The van der Waals surface area contributed by atoms with Gasteiger partial charge in [0.25, 0.3) is 5.91 Å². The maximum atomic E-state index is 11.9. The van der Waals surface area contributed by atoms with Crippen LogP contribution in [0.5, 0.6) is 5.75 Å². The summed E-state index contributed by atoms with van der Waals surface area (Å²) in [4.78, 5) is 11.9. The van der Waals surface area contributed by atoms with Crippen molar-refractivity contribution in [3.8, 4) is 5.75 Å². The summed E-state index contributed by atoms with van der Waals surface area (Å²) in [7, 11) is 1.62. The molecule has 3 rings (SSSR count). The first-order valence-electron chi connectivity index (χ1n) is 6.30. The number of amides is 1. The number of fused-ring (bicyclic) bond motifs is 2. The Hall–Kier alpha value is -1.55. The lowest BCUT2D eigenvalue weighted by Gasteiger charge is -2.08. The second-order valence-corrected chi connectivity index (χ2v) is 5.03. The van der Waals surface area contributed by atoms with Gasteiger partial charge in [-0.3, -0.25) is 4.79 Å². The van der Waals surface area contributed by atoms with Crippen molar-refractivity contribution in [1.82, 2.24) is 5.32 Å². The first kappa shape index (κ1) is 11.5. The van der Waals surface area contributed by atoms with E-state index >= 15 is 0 Å². The average molecular weight is 247 g/mol. The van der Waals surface area contributed by atoms with Gasteiger partial charge in [0.05, 0.1) is 13.2 Å². The van der Waals surface area contributed by atoms with E-state index in [0.717, 1.165) is 12.4 Å². The molecule has 1 aromatic rings. The standard InChI is InChI=1S/C14H17NO3/c1-17-7-6-15-13(16)10-2-3-12-11(8-10)14(4-5-14)9-18-12/h2-3,8H,4-7,9H2,1H3,(H,15,16). The third-order valence-electron chi connectivity index (χ3n) is 3.76. The van der Waals surface area contributed by atoms with E-state index < -0.39 is 0 Å². The zero-order valence-corrected chi connectivity index (χ0v) is 10.5. The van der Waals surface area contributed by atoms with E-state index in [1.165, 1.54) is 18.4 Å². The minimum atomic E-state index is -0.0439. The molecule has 1 amide bonds. The molecule has 1 aliphatic heterocycles. The molecule has 1 aromatic carbocycles. The Bertz CT molecular complexity index is 480. The molecule has 1 aliphatic carbocycles. The highest BCUT2D eigenvalue weighted by Crippen LogP contribution is 2.55. The maximum absolute atomic E-state index is 11.9. The quantitative estimate of drug-likeness (QED) is 0.820. The number of nitrogens with one attached hydrogen (secondary N) is 1. The summed E-state index contributed by atoms with van der Waals surface area (Å²) < 4.78 is 10.6. The first-order chi connectivity index (χ1) is 8.75. The molecule has 4 heteroatoms. The van der Waals surface area contributed by atoms with Gasteiger partial charge in [-0.25, -0.2) is 0 Å². The molecule has 1 saturated carbocycles. The monoisotopic (exact) mass is 247 g/mol. The Kier molecular flexibility index (Phi) is 2.74. The van der Waals surface area contributed by atoms with Crippen molar-refractivity contribution in [2.75, 3.05) is 26.9 Å². The lowest BCUT2D eigenvalue weighted by atomic mass is 9.96. The minimum Gasteiger partial charge on any atom is -0.492 e. The number of methoxy groups -OCH3 is 1. The highest BCUT2D eigenvalue weighted by molar-refractivity contribution is 5.94. The van der Waals surface area contributed by atoms with Crippen molar-refractivity contribution >= 4 is 5.91 Å². The third-order valence-corrected chi connectivity index (χ3v) is 3.76. The van der Waals surface area contributed by atoms with Crippen molar-refractivity contribution in [3.05, 3.63) is 29.3 Å². The normalized spacial score (nSPS) is 18.3. The van der Waals surface area contributed by atoms with E-state index in [4.69, 9.17) is 9.47 Å². The lowest BCUT2D eigenvalue weighted by molar-refractivity contribution is 0.0937. The molecule has 0 atom stereocenters. The van der Waals surface area contributed by atoms with Gasteiger partial charge in [-0.2, -0.15) is 0 Å². The number of ether oxygens (including phenoxy) is 2. The molecule has 96 valence electrons. The fourth-order valence-corrected chi connectivity index (χ4v) is 2.44. The summed E-state index contributed by atoms with van der Waals surface area (Å²) in [5.74, 6) is 0.901. The number of rotatable bonds is 4. The second kappa shape index (κ2) is 4.28. The molecule has 1 N–H and O–H groups in total. The van der Waals surface area contributed by atoms with E-state index in [2.05, 4.69) is 5.32 Å². The van der Waals surface area contributed by atoms with E-state index in [0.29, 0.717) is 18.7 Å². The molecule has 18 heavy (non-hydrogen) atoms. The molecule has 0 saturated heterocycles. The van der Waals surface area contributed by atoms with Crippen LogP contribution in [0.2, 0.25) is 0 Å². The largest absolute Gasteiger partial charge is 0.492 e. The van der Waals surface area contributed by atoms with Gasteiger partial charge in [0, 0.05) is 30.2 Å². The molecule has 4 nitrogen and oxygen atoms in total. The molecule has 1 fully saturated rings. The van der Waals surface area contributed by atoms with Gasteiger partial charge in [0.2, 0.25) is 0 Å². The van der Waals surface area contributed by atoms with E-state index in [-0.39, 0.29) is 11.3 Å². The fraction of sp³-hybridized carbons (Fsp3) is 0.500. The van der Waals surface area contributed by atoms with Gasteiger partial charge in [-0.1, -0.05) is 0 Å². The number of hydrogen-bond donors (Lipinski definition) is 1. The number of carbonyl (C=O) groups is 1. The van der Waals surface area contributed by atoms with Gasteiger partial charge in [-0.15, -0.1) is 0 Å². The minimum absolute atomic E-state index is 0.0439. The zero-order chi connectivity index (χ0) is 12.6. The Balaban J connectivity index is 1.76.